The zero-order chi connectivity index (χ0) is 23.7. The summed E-state index contributed by atoms with van der Waals surface area (Å²) in [6.45, 7) is 8.38. The van der Waals surface area contributed by atoms with Crippen LogP contribution in [0.2, 0.25) is 10.0 Å². The van der Waals surface area contributed by atoms with E-state index < -0.39 is 6.04 Å². The number of nitrogens with one attached hydrogen (secondary N) is 1. The Hall–Kier alpha value is -2.24. The van der Waals surface area contributed by atoms with Gasteiger partial charge in [0.1, 0.15) is 11.8 Å². The maximum Gasteiger partial charge on any atom is 0.261 e. The number of rotatable bonds is 11. The molecule has 0 saturated carbocycles. The fourth-order valence-corrected chi connectivity index (χ4v) is 3.90. The summed E-state index contributed by atoms with van der Waals surface area (Å²) in [5.74, 6) is 0.151. The molecule has 0 spiro atoms. The summed E-state index contributed by atoms with van der Waals surface area (Å²) >= 11 is 12.7. The number of unbranched alkanes of at least 4 members (excludes halogenated alkanes) is 1. The number of halogens is 2. The molecular formula is C25H32Cl2N2O3. The lowest BCUT2D eigenvalue weighted by Crippen LogP contribution is -2.50. The Kier molecular flexibility index (Phi) is 10.3. The van der Waals surface area contributed by atoms with E-state index in [2.05, 4.69) is 12.2 Å². The first-order valence-corrected chi connectivity index (χ1v) is 11.7. The van der Waals surface area contributed by atoms with Gasteiger partial charge < -0.3 is 15.0 Å². The van der Waals surface area contributed by atoms with E-state index in [1.54, 1.807) is 18.2 Å². The van der Waals surface area contributed by atoms with Crippen molar-refractivity contribution in [3.05, 3.63) is 63.1 Å². The number of nitrogens with zero attached hydrogens (tertiary/aromatic N) is 1. The third-order valence-electron chi connectivity index (χ3n) is 5.51. The van der Waals surface area contributed by atoms with Crippen LogP contribution in [0, 0.1) is 13.8 Å². The van der Waals surface area contributed by atoms with Crippen LogP contribution in [0.3, 0.4) is 0 Å². The van der Waals surface area contributed by atoms with Crippen LogP contribution in [0.5, 0.6) is 5.75 Å². The van der Waals surface area contributed by atoms with Crippen LogP contribution in [0.4, 0.5) is 0 Å². The highest BCUT2D eigenvalue weighted by Crippen LogP contribution is 2.27. The number of benzene rings is 2. The highest BCUT2D eigenvalue weighted by Gasteiger charge is 2.30. The molecule has 7 heteroatoms. The Morgan fingerprint density at radius 2 is 1.72 bits per heavy atom. The molecule has 2 rings (SSSR count). The molecule has 1 N–H and O–H groups in total. The monoisotopic (exact) mass is 478 g/mol. The van der Waals surface area contributed by atoms with Crippen molar-refractivity contribution in [3.63, 3.8) is 0 Å². The number of carbonyl (C=O) groups excluding carboxylic acids is 2. The second-order valence-electron chi connectivity index (χ2n) is 7.78. The number of aryl methyl sites for hydroxylation is 1. The molecule has 1 atom stereocenters. The topological polar surface area (TPSA) is 58.6 Å². The van der Waals surface area contributed by atoms with Crippen LogP contribution < -0.4 is 10.1 Å². The standard InChI is InChI=1S/C25H32Cl2N2O3/c1-5-7-14-28-25(31)22(6-2)29(15-19-20(26)11-9-12-21(19)27)24(30)16-32-23-13-8-10-17(3)18(23)4/h8-13,22H,5-7,14-16H2,1-4H3,(H,28,31). The van der Waals surface area contributed by atoms with Gasteiger partial charge in [-0.25, -0.2) is 0 Å². The van der Waals surface area contributed by atoms with E-state index in [-0.39, 0.29) is 25.0 Å². The van der Waals surface area contributed by atoms with Gasteiger partial charge in [0.05, 0.1) is 0 Å². The molecule has 2 amide bonds. The van der Waals surface area contributed by atoms with E-state index in [1.807, 2.05) is 39.0 Å². The van der Waals surface area contributed by atoms with E-state index in [1.165, 1.54) is 4.90 Å². The fraction of sp³-hybridized carbons (Fsp3) is 0.440. The van der Waals surface area contributed by atoms with Crippen LogP contribution in [-0.4, -0.2) is 35.9 Å². The molecule has 2 aromatic rings. The van der Waals surface area contributed by atoms with E-state index in [0.717, 1.165) is 24.0 Å². The van der Waals surface area contributed by atoms with Gasteiger partial charge >= 0.3 is 0 Å². The molecule has 174 valence electrons. The maximum absolute atomic E-state index is 13.3. The van der Waals surface area contributed by atoms with Crippen LogP contribution in [0.25, 0.3) is 0 Å². The molecule has 0 radical (unpaired) electrons. The average molecular weight is 479 g/mol. The largest absolute Gasteiger partial charge is 0.483 e. The molecule has 2 aromatic carbocycles. The smallest absolute Gasteiger partial charge is 0.261 e. The Labute approximate surface area is 201 Å². The normalized spacial score (nSPS) is 11.7. The van der Waals surface area contributed by atoms with Crippen molar-refractivity contribution in [3.8, 4) is 5.75 Å². The Morgan fingerprint density at radius 3 is 2.34 bits per heavy atom. The van der Waals surface area contributed by atoms with Gasteiger partial charge in [0.2, 0.25) is 5.91 Å². The first kappa shape index (κ1) is 26.0. The number of ether oxygens (including phenoxy) is 1. The summed E-state index contributed by atoms with van der Waals surface area (Å²) in [5.41, 5.74) is 2.66. The SMILES string of the molecule is CCCCNC(=O)C(CC)N(Cc1c(Cl)cccc1Cl)C(=O)COc1cccc(C)c1C. The van der Waals surface area contributed by atoms with Crippen LogP contribution >= 0.6 is 23.2 Å². The van der Waals surface area contributed by atoms with Gasteiger partial charge in [0, 0.05) is 28.7 Å². The predicted molar refractivity (Wildman–Crippen MR) is 130 cm³/mol. The van der Waals surface area contributed by atoms with Crippen molar-refractivity contribution >= 4 is 35.0 Å². The Bertz CT molecular complexity index is 913. The molecule has 0 aliphatic rings. The van der Waals surface area contributed by atoms with Crippen LogP contribution in [0.1, 0.15) is 49.8 Å². The lowest BCUT2D eigenvalue weighted by atomic mass is 10.1. The van der Waals surface area contributed by atoms with Crippen molar-refractivity contribution in [2.45, 2.75) is 59.5 Å². The van der Waals surface area contributed by atoms with Crippen LogP contribution in [0.15, 0.2) is 36.4 Å². The molecular weight excluding hydrogens is 447 g/mol. The number of hydrogen-bond donors (Lipinski definition) is 1. The highest BCUT2D eigenvalue weighted by molar-refractivity contribution is 6.36. The second-order valence-corrected chi connectivity index (χ2v) is 8.59. The molecule has 0 aliphatic heterocycles. The zero-order valence-electron chi connectivity index (χ0n) is 19.2. The van der Waals surface area contributed by atoms with Gasteiger partial charge in [-0.3, -0.25) is 9.59 Å². The molecule has 0 saturated heterocycles. The minimum absolute atomic E-state index is 0.118. The van der Waals surface area contributed by atoms with Gasteiger partial charge in [0.25, 0.3) is 5.91 Å². The minimum atomic E-state index is -0.658. The van der Waals surface area contributed by atoms with Gasteiger partial charge in [-0.1, -0.05) is 61.7 Å². The van der Waals surface area contributed by atoms with Gasteiger partial charge in [-0.05, 0) is 56.0 Å². The molecule has 0 fully saturated rings. The summed E-state index contributed by atoms with van der Waals surface area (Å²) < 4.78 is 5.84. The molecule has 5 nitrogen and oxygen atoms in total. The van der Waals surface area contributed by atoms with Crippen molar-refractivity contribution in [1.29, 1.82) is 0 Å². The molecule has 32 heavy (non-hydrogen) atoms. The van der Waals surface area contributed by atoms with Crippen LogP contribution in [-0.2, 0) is 16.1 Å². The van der Waals surface area contributed by atoms with E-state index >= 15 is 0 Å². The molecule has 0 aromatic heterocycles. The second kappa shape index (κ2) is 12.7. The predicted octanol–water partition coefficient (Wildman–Crippen LogP) is 5.71. The zero-order valence-corrected chi connectivity index (χ0v) is 20.7. The lowest BCUT2D eigenvalue weighted by molar-refractivity contribution is -0.143. The van der Waals surface area contributed by atoms with E-state index in [4.69, 9.17) is 27.9 Å². The third-order valence-corrected chi connectivity index (χ3v) is 6.22. The number of carbonyl (C=O) groups is 2. The van der Waals surface area contributed by atoms with Gasteiger partial charge in [-0.2, -0.15) is 0 Å². The fourth-order valence-electron chi connectivity index (χ4n) is 3.38. The van der Waals surface area contributed by atoms with E-state index in [9.17, 15) is 9.59 Å². The van der Waals surface area contributed by atoms with Crippen molar-refractivity contribution in [1.82, 2.24) is 10.2 Å². The molecule has 0 bridgehead atoms. The van der Waals surface area contributed by atoms with Crippen molar-refractivity contribution in [2.75, 3.05) is 13.2 Å². The van der Waals surface area contributed by atoms with Crippen molar-refractivity contribution < 1.29 is 14.3 Å². The summed E-state index contributed by atoms with van der Waals surface area (Å²) in [6.07, 6.45) is 2.30. The number of amides is 2. The summed E-state index contributed by atoms with van der Waals surface area (Å²) in [4.78, 5) is 27.7. The average Bonchev–Trinajstić information content (AvgIpc) is 2.76. The summed E-state index contributed by atoms with van der Waals surface area (Å²) in [7, 11) is 0. The first-order valence-electron chi connectivity index (χ1n) is 11.0. The molecule has 0 heterocycles. The Morgan fingerprint density at radius 1 is 1.06 bits per heavy atom. The first-order chi connectivity index (χ1) is 15.3. The highest BCUT2D eigenvalue weighted by atomic mass is 35.5. The van der Waals surface area contributed by atoms with E-state index in [0.29, 0.717) is 34.3 Å². The minimum Gasteiger partial charge on any atom is -0.483 e. The van der Waals surface area contributed by atoms with Crippen molar-refractivity contribution in [2.24, 2.45) is 0 Å². The number of hydrogen-bond acceptors (Lipinski definition) is 3. The molecule has 1 unspecified atom stereocenters. The quantitative estimate of drug-likeness (QED) is 0.420. The Balaban J connectivity index is 2.28. The molecule has 0 aliphatic carbocycles. The maximum atomic E-state index is 13.3. The summed E-state index contributed by atoms with van der Waals surface area (Å²) in [5, 5.41) is 3.84. The third kappa shape index (κ3) is 6.88. The van der Waals surface area contributed by atoms with Gasteiger partial charge in [0.15, 0.2) is 6.61 Å². The lowest BCUT2D eigenvalue weighted by Gasteiger charge is -2.31. The van der Waals surface area contributed by atoms with Gasteiger partial charge in [-0.15, -0.1) is 0 Å². The summed E-state index contributed by atoms with van der Waals surface area (Å²) in [6, 6.07) is 10.2.